The average molecular weight is 238 g/mol. The van der Waals surface area contributed by atoms with Crippen molar-refractivity contribution in [2.75, 3.05) is 30.8 Å². The Labute approximate surface area is 103 Å². The SMILES string of the molecule is CNc1ncnc(NCC(C)CO)c1C(C)C. The number of hydrogen-bond donors (Lipinski definition) is 3. The molecule has 0 aliphatic rings. The third-order valence-electron chi connectivity index (χ3n) is 2.63. The van der Waals surface area contributed by atoms with Crippen LogP contribution in [0.4, 0.5) is 11.6 Å². The summed E-state index contributed by atoms with van der Waals surface area (Å²) in [6.07, 6.45) is 1.55. The Morgan fingerprint density at radius 1 is 1.24 bits per heavy atom. The second kappa shape index (κ2) is 6.39. The lowest BCUT2D eigenvalue weighted by atomic mass is 10.0. The van der Waals surface area contributed by atoms with Gasteiger partial charge in [-0.05, 0) is 11.8 Å². The van der Waals surface area contributed by atoms with Gasteiger partial charge >= 0.3 is 0 Å². The molecule has 0 radical (unpaired) electrons. The highest BCUT2D eigenvalue weighted by molar-refractivity contribution is 5.58. The van der Waals surface area contributed by atoms with Gasteiger partial charge in [0.2, 0.25) is 0 Å². The predicted octanol–water partition coefficient (Wildman–Crippen LogP) is 1.68. The van der Waals surface area contributed by atoms with Gasteiger partial charge in [0, 0.05) is 25.8 Å². The predicted molar refractivity (Wildman–Crippen MR) is 70.4 cm³/mol. The highest BCUT2D eigenvalue weighted by atomic mass is 16.3. The maximum atomic E-state index is 9.01. The molecule has 1 rings (SSSR count). The van der Waals surface area contributed by atoms with Gasteiger partial charge < -0.3 is 15.7 Å². The number of aromatic nitrogens is 2. The Kier molecular flexibility index (Phi) is 5.15. The van der Waals surface area contributed by atoms with E-state index in [1.807, 2.05) is 14.0 Å². The molecule has 5 heteroatoms. The van der Waals surface area contributed by atoms with Crippen molar-refractivity contribution < 1.29 is 5.11 Å². The second-order valence-corrected chi connectivity index (χ2v) is 4.56. The van der Waals surface area contributed by atoms with E-state index < -0.39 is 0 Å². The maximum Gasteiger partial charge on any atom is 0.134 e. The van der Waals surface area contributed by atoms with Crippen LogP contribution in [0.1, 0.15) is 32.3 Å². The number of aliphatic hydroxyl groups excluding tert-OH is 1. The molecule has 1 heterocycles. The summed E-state index contributed by atoms with van der Waals surface area (Å²) in [4.78, 5) is 8.49. The normalized spacial score (nSPS) is 12.6. The molecule has 96 valence electrons. The van der Waals surface area contributed by atoms with E-state index in [-0.39, 0.29) is 12.5 Å². The quantitative estimate of drug-likeness (QED) is 0.703. The summed E-state index contributed by atoms with van der Waals surface area (Å²) >= 11 is 0. The van der Waals surface area contributed by atoms with E-state index in [9.17, 15) is 0 Å². The Balaban J connectivity index is 2.90. The minimum absolute atomic E-state index is 0.175. The van der Waals surface area contributed by atoms with E-state index in [0.29, 0.717) is 12.5 Å². The first-order chi connectivity index (χ1) is 8.10. The van der Waals surface area contributed by atoms with Gasteiger partial charge in [0.1, 0.15) is 18.0 Å². The van der Waals surface area contributed by atoms with Gasteiger partial charge in [-0.3, -0.25) is 0 Å². The largest absolute Gasteiger partial charge is 0.396 e. The number of anilines is 2. The van der Waals surface area contributed by atoms with E-state index in [1.165, 1.54) is 0 Å². The van der Waals surface area contributed by atoms with E-state index in [1.54, 1.807) is 6.33 Å². The van der Waals surface area contributed by atoms with E-state index in [2.05, 4.69) is 34.4 Å². The molecule has 0 saturated carbocycles. The third-order valence-corrected chi connectivity index (χ3v) is 2.63. The van der Waals surface area contributed by atoms with E-state index in [4.69, 9.17) is 5.11 Å². The van der Waals surface area contributed by atoms with Crippen molar-refractivity contribution in [3.8, 4) is 0 Å². The molecular formula is C12H22N4O. The molecule has 0 amide bonds. The third kappa shape index (κ3) is 3.56. The minimum atomic E-state index is 0.175. The summed E-state index contributed by atoms with van der Waals surface area (Å²) in [6, 6.07) is 0. The molecule has 0 fully saturated rings. The van der Waals surface area contributed by atoms with Gasteiger partial charge in [-0.25, -0.2) is 9.97 Å². The lowest BCUT2D eigenvalue weighted by Gasteiger charge is -2.17. The zero-order chi connectivity index (χ0) is 12.8. The molecule has 1 unspecified atom stereocenters. The van der Waals surface area contributed by atoms with Crippen LogP contribution in [0.25, 0.3) is 0 Å². The maximum absolute atomic E-state index is 9.01. The molecule has 1 atom stereocenters. The monoisotopic (exact) mass is 238 g/mol. The molecule has 1 aromatic rings. The number of nitrogens with zero attached hydrogens (tertiary/aromatic N) is 2. The Morgan fingerprint density at radius 2 is 1.88 bits per heavy atom. The van der Waals surface area contributed by atoms with Crippen LogP contribution in [0.5, 0.6) is 0 Å². The van der Waals surface area contributed by atoms with Crippen LogP contribution >= 0.6 is 0 Å². The van der Waals surface area contributed by atoms with Crippen molar-refractivity contribution in [2.24, 2.45) is 5.92 Å². The second-order valence-electron chi connectivity index (χ2n) is 4.56. The standard InChI is InChI=1S/C12H22N4O/c1-8(2)10-11(13-4)15-7-16-12(10)14-5-9(3)6-17/h7-9,17H,5-6H2,1-4H3,(H2,13,14,15,16). The molecule has 0 aromatic carbocycles. The van der Waals surface area contributed by atoms with Gasteiger partial charge in [0.15, 0.2) is 0 Å². The van der Waals surface area contributed by atoms with Crippen molar-refractivity contribution in [1.29, 1.82) is 0 Å². The molecule has 0 aliphatic heterocycles. The molecule has 0 aliphatic carbocycles. The van der Waals surface area contributed by atoms with Crippen molar-refractivity contribution in [3.05, 3.63) is 11.9 Å². The zero-order valence-corrected chi connectivity index (χ0v) is 11.0. The molecule has 0 saturated heterocycles. The number of hydrogen-bond acceptors (Lipinski definition) is 5. The van der Waals surface area contributed by atoms with Gasteiger partial charge in [-0.1, -0.05) is 20.8 Å². The van der Waals surface area contributed by atoms with Gasteiger partial charge in [0.25, 0.3) is 0 Å². The highest BCUT2D eigenvalue weighted by Crippen LogP contribution is 2.27. The van der Waals surface area contributed by atoms with Crippen LogP contribution in [0.15, 0.2) is 6.33 Å². The van der Waals surface area contributed by atoms with Crippen LogP contribution in [0, 0.1) is 5.92 Å². The average Bonchev–Trinajstić information content (AvgIpc) is 2.34. The Hall–Kier alpha value is -1.36. The van der Waals surface area contributed by atoms with Gasteiger partial charge in [0.05, 0.1) is 0 Å². The fraction of sp³-hybridized carbons (Fsp3) is 0.667. The molecule has 0 spiro atoms. The zero-order valence-electron chi connectivity index (χ0n) is 11.0. The molecule has 1 aromatic heterocycles. The van der Waals surface area contributed by atoms with Crippen LogP contribution in [-0.4, -0.2) is 35.3 Å². The summed E-state index contributed by atoms with van der Waals surface area (Å²) in [5.41, 5.74) is 1.08. The van der Waals surface area contributed by atoms with Crippen molar-refractivity contribution in [1.82, 2.24) is 9.97 Å². The van der Waals surface area contributed by atoms with E-state index >= 15 is 0 Å². The highest BCUT2D eigenvalue weighted by Gasteiger charge is 2.14. The van der Waals surface area contributed by atoms with Gasteiger partial charge in [-0.2, -0.15) is 0 Å². The molecule has 17 heavy (non-hydrogen) atoms. The van der Waals surface area contributed by atoms with E-state index in [0.717, 1.165) is 17.2 Å². The summed E-state index contributed by atoms with van der Waals surface area (Å²) in [7, 11) is 1.86. The summed E-state index contributed by atoms with van der Waals surface area (Å²) in [6.45, 7) is 7.09. The molecule has 5 nitrogen and oxygen atoms in total. The van der Waals surface area contributed by atoms with Crippen LogP contribution < -0.4 is 10.6 Å². The number of rotatable bonds is 6. The van der Waals surface area contributed by atoms with Crippen LogP contribution in [0.2, 0.25) is 0 Å². The Bertz CT molecular complexity index is 354. The van der Waals surface area contributed by atoms with Crippen LogP contribution in [-0.2, 0) is 0 Å². The first-order valence-corrected chi connectivity index (χ1v) is 5.97. The first-order valence-electron chi connectivity index (χ1n) is 5.97. The Morgan fingerprint density at radius 3 is 2.41 bits per heavy atom. The molecular weight excluding hydrogens is 216 g/mol. The van der Waals surface area contributed by atoms with Crippen LogP contribution in [0.3, 0.4) is 0 Å². The summed E-state index contributed by atoms with van der Waals surface area (Å²) in [5, 5.41) is 15.4. The van der Waals surface area contributed by atoms with Crippen molar-refractivity contribution in [3.63, 3.8) is 0 Å². The number of nitrogens with one attached hydrogen (secondary N) is 2. The topological polar surface area (TPSA) is 70.1 Å². The summed E-state index contributed by atoms with van der Waals surface area (Å²) in [5.74, 6) is 2.25. The fourth-order valence-electron chi connectivity index (χ4n) is 1.62. The summed E-state index contributed by atoms with van der Waals surface area (Å²) < 4.78 is 0. The molecule has 0 bridgehead atoms. The lowest BCUT2D eigenvalue weighted by Crippen LogP contribution is -2.17. The van der Waals surface area contributed by atoms with Crippen molar-refractivity contribution in [2.45, 2.75) is 26.7 Å². The van der Waals surface area contributed by atoms with Gasteiger partial charge in [-0.15, -0.1) is 0 Å². The molecule has 3 N–H and O–H groups in total. The van der Waals surface area contributed by atoms with Crippen molar-refractivity contribution >= 4 is 11.6 Å². The minimum Gasteiger partial charge on any atom is -0.396 e. The lowest BCUT2D eigenvalue weighted by molar-refractivity contribution is 0.244. The number of aliphatic hydroxyl groups is 1. The smallest absolute Gasteiger partial charge is 0.134 e. The fourth-order valence-corrected chi connectivity index (χ4v) is 1.62. The first kappa shape index (κ1) is 13.7.